The molecular weight excluding hydrogens is 390 g/mol. The van der Waals surface area contributed by atoms with Crippen LogP contribution >= 0.6 is 0 Å². The van der Waals surface area contributed by atoms with Gasteiger partial charge in [0.25, 0.3) is 15.9 Å². The van der Waals surface area contributed by atoms with E-state index in [0.29, 0.717) is 31.9 Å². The van der Waals surface area contributed by atoms with Gasteiger partial charge in [-0.15, -0.1) is 0 Å². The van der Waals surface area contributed by atoms with Gasteiger partial charge >= 0.3 is 5.69 Å². The molecule has 0 atom stereocenters. The van der Waals surface area contributed by atoms with Gasteiger partial charge in [-0.3, -0.25) is 19.6 Å². The summed E-state index contributed by atoms with van der Waals surface area (Å²) in [5.41, 5.74) is -0.117. The molecule has 1 aliphatic rings. The number of hydrogen-bond donors (Lipinski definition) is 2. The second-order valence-electron chi connectivity index (χ2n) is 6.00. The molecule has 0 saturated carbocycles. The Bertz CT molecular complexity index is 1000. The van der Waals surface area contributed by atoms with Crippen LogP contribution in [-0.2, 0) is 14.8 Å². The average Bonchev–Trinajstić information content (AvgIpc) is 2.68. The molecule has 3 rings (SSSR count). The summed E-state index contributed by atoms with van der Waals surface area (Å²) in [6, 6.07) is 8.62. The SMILES string of the molecule is O=C(c1ccc(NS(=O)(=O)c2ccc(O)c([N+](=O)[O-])c2)cc1)N1CCOCC1. The van der Waals surface area contributed by atoms with Gasteiger partial charge in [-0.2, -0.15) is 0 Å². The van der Waals surface area contributed by atoms with E-state index in [1.165, 1.54) is 24.3 Å². The smallest absolute Gasteiger partial charge is 0.312 e. The lowest BCUT2D eigenvalue weighted by atomic mass is 10.2. The van der Waals surface area contributed by atoms with Gasteiger partial charge in [0.2, 0.25) is 0 Å². The van der Waals surface area contributed by atoms with E-state index in [9.17, 15) is 28.4 Å². The highest BCUT2D eigenvalue weighted by Crippen LogP contribution is 2.29. The Hall–Kier alpha value is -3.18. The zero-order valence-corrected chi connectivity index (χ0v) is 15.4. The topological polar surface area (TPSA) is 139 Å². The van der Waals surface area contributed by atoms with E-state index in [2.05, 4.69) is 4.72 Å². The minimum absolute atomic E-state index is 0.174. The summed E-state index contributed by atoms with van der Waals surface area (Å²) in [4.78, 5) is 23.7. The number of phenolic OH excluding ortho intramolecular Hbond substituents is 1. The number of nitrogens with one attached hydrogen (secondary N) is 1. The third kappa shape index (κ3) is 4.21. The minimum Gasteiger partial charge on any atom is -0.502 e. The summed E-state index contributed by atoms with van der Waals surface area (Å²) < 4.78 is 32.4. The number of carbonyl (C=O) groups is 1. The number of phenols is 1. The Morgan fingerprint density at radius 1 is 1.14 bits per heavy atom. The van der Waals surface area contributed by atoms with Crippen LogP contribution in [0.4, 0.5) is 11.4 Å². The predicted octanol–water partition coefficient (Wildman–Crippen LogP) is 1.57. The van der Waals surface area contributed by atoms with Gasteiger partial charge in [-0.25, -0.2) is 8.42 Å². The average molecular weight is 407 g/mol. The van der Waals surface area contributed by atoms with Gasteiger partial charge in [0.05, 0.1) is 23.0 Å². The van der Waals surface area contributed by atoms with E-state index in [4.69, 9.17) is 4.74 Å². The van der Waals surface area contributed by atoms with Crippen molar-refractivity contribution < 1.29 is 28.0 Å². The second kappa shape index (κ2) is 7.82. The van der Waals surface area contributed by atoms with Gasteiger partial charge in [0, 0.05) is 30.4 Å². The first-order chi connectivity index (χ1) is 13.3. The first-order valence-corrected chi connectivity index (χ1v) is 9.73. The zero-order valence-electron chi connectivity index (χ0n) is 14.6. The maximum Gasteiger partial charge on any atom is 0.312 e. The molecule has 0 bridgehead atoms. The molecule has 148 valence electrons. The molecule has 0 aliphatic carbocycles. The number of nitro benzene ring substituents is 1. The van der Waals surface area contributed by atoms with Gasteiger partial charge in [0.15, 0.2) is 5.75 Å². The van der Waals surface area contributed by atoms with Crippen molar-refractivity contribution in [2.75, 3.05) is 31.0 Å². The lowest BCUT2D eigenvalue weighted by Crippen LogP contribution is -2.40. The van der Waals surface area contributed by atoms with Crippen LogP contribution in [0.5, 0.6) is 5.75 Å². The second-order valence-corrected chi connectivity index (χ2v) is 7.68. The molecule has 0 unspecified atom stereocenters. The molecule has 2 N–H and O–H groups in total. The number of anilines is 1. The van der Waals surface area contributed by atoms with Gasteiger partial charge in [-0.1, -0.05) is 0 Å². The maximum atomic E-state index is 12.4. The van der Waals surface area contributed by atoms with Crippen LogP contribution in [0.1, 0.15) is 10.4 Å². The van der Waals surface area contributed by atoms with E-state index in [1.807, 2.05) is 0 Å². The number of ether oxygens (including phenoxy) is 1. The fourth-order valence-electron chi connectivity index (χ4n) is 2.66. The molecule has 2 aromatic carbocycles. The maximum absolute atomic E-state index is 12.4. The summed E-state index contributed by atoms with van der Waals surface area (Å²) in [7, 11) is -4.12. The molecule has 0 aromatic heterocycles. The Balaban J connectivity index is 1.77. The van der Waals surface area contributed by atoms with E-state index >= 15 is 0 Å². The summed E-state index contributed by atoms with van der Waals surface area (Å²) >= 11 is 0. The molecule has 1 saturated heterocycles. The standard InChI is InChI=1S/C17H17N3O7S/c21-16-6-5-14(11-15(16)20(23)24)28(25,26)18-13-3-1-12(2-4-13)17(22)19-7-9-27-10-8-19/h1-6,11,18,21H,7-10H2. The number of morpholine rings is 1. The summed E-state index contributed by atoms with van der Waals surface area (Å²) in [5.74, 6) is -0.804. The van der Waals surface area contributed by atoms with Gasteiger partial charge < -0.3 is 14.7 Å². The van der Waals surface area contributed by atoms with Crippen LogP contribution < -0.4 is 4.72 Å². The number of benzene rings is 2. The van der Waals surface area contributed by atoms with E-state index in [-0.39, 0.29) is 16.5 Å². The molecule has 28 heavy (non-hydrogen) atoms. The van der Waals surface area contributed by atoms with E-state index < -0.39 is 26.4 Å². The summed E-state index contributed by atoms with van der Waals surface area (Å²) in [6.07, 6.45) is 0. The molecule has 11 heteroatoms. The first-order valence-electron chi connectivity index (χ1n) is 8.25. The Labute approximate surface area is 160 Å². The molecule has 1 amide bonds. The minimum atomic E-state index is -4.12. The molecule has 0 radical (unpaired) electrons. The summed E-state index contributed by atoms with van der Waals surface area (Å²) in [6.45, 7) is 1.93. The number of aromatic hydroxyl groups is 1. The van der Waals surface area contributed by atoms with Crippen LogP contribution in [-0.4, -0.2) is 55.6 Å². The number of rotatable bonds is 5. The zero-order chi connectivity index (χ0) is 20.3. The van der Waals surface area contributed by atoms with Crippen LogP contribution in [0, 0.1) is 10.1 Å². The molecule has 2 aromatic rings. The van der Waals surface area contributed by atoms with Crippen molar-refractivity contribution in [2.45, 2.75) is 4.90 Å². The highest BCUT2D eigenvalue weighted by molar-refractivity contribution is 7.92. The van der Waals surface area contributed by atoms with Gasteiger partial charge in [0.1, 0.15) is 0 Å². The number of sulfonamides is 1. The lowest BCUT2D eigenvalue weighted by Gasteiger charge is -2.26. The largest absolute Gasteiger partial charge is 0.502 e. The lowest BCUT2D eigenvalue weighted by molar-refractivity contribution is -0.386. The number of nitro groups is 1. The Morgan fingerprint density at radius 2 is 1.79 bits per heavy atom. The van der Waals surface area contributed by atoms with Crippen molar-refractivity contribution in [1.82, 2.24) is 4.90 Å². The quantitative estimate of drug-likeness (QED) is 0.566. The molecule has 1 heterocycles. The molecular formula is C17H17N3O7S. The van der Waals surface area contributed by atoms with E-state index in [1.54, 1.807) is 4.90 Å². The van der Waals surface area contributed by atoms with Crippen LogP contribution in [0.25, 0.3) is 0 Å². The Kier molecular flexibility index (Phi) is 5.47. The van der Waals surface area contributed by atoms with Crippen molar-refractivity contribution in [3.05, 3.63) is 58.1 Å². The highest BCUT2D eigenvalue weighted by Gasteiger charge is 2.22. The van der Waals surface area contributed by atoms with Gasteiger partial charge in [-0.05, 0) is 36.4 Å². The van der Waals surface area contributed by atoms with Crippen molar-refractivity contribution in [3.63, 3.8) is 0 Å². The number of carbonyl (C=O) groups excluding carboxylic acids is 1. The van der Waals surface area contributed by atoms with E-state index in [0.717, 1.165) is 18.2 Å². The number of hydrogen-bond acceptors (Lipinski definition) is 7. The third-order valence-corrected chi connectivity index (χ3v) is 5.52. The van der Waals surface area contributed by atoms with Crippen molar-refractivity contribution in [2.24, 2.45) is 0 Å². The molecule has 0 spiro atoms. The first kappa shape index (κ1) is 19.6. The number of nitrogens with zero attached hydrogens (tertiary/aromatic N) is 2. The molecule has 1 fully saturated rings. The third-order valence-electron chi connectivity index (χ3n) is 4.14. The Morgan fingerprint density at radius 3 is 2.39 bits per heavy atom. The normalized spacial score (nSPS) is 14.5. The van der Waals surface area contributed by atoms with Crippen molar-refractivity contribution in [1.29, 1.82) is 0 Å². The van der Waals surface area contributed by atoms with Crippen LogP contribution in [0.15, 0.2) is 47.4 Å². The molecule has 10 nitrogen and oxygen atoms in total. The predicted molar refractivity (Wildman–Crippen MR) is 98.7 cm³/mol. The van der Waals surface area contributed by atoms with Crippen LogP contribution in [0.3, 0.4) is 0 Å². The van der Waals surface area contributed by atoms with Crippen LogP contribution in [0.2, 0.25) is 0 Å². The fourth-order valence-corrected chi connectivity index (χ4v) is 3.74. The van der Waals surface area contributed by atoms with Crippen molar-refractivity contribution in [3.8, 4) is 5.75 Å². The monoisotopic (exact) mass is 407 g/mol. The molecule has 1 aliphatic heterocycles. The van der Waals surface area contributed by atoms with Crippen molar-refractivity contribution >= 4 is 27.3 Å². The fraction of sp³-hybridized carbons (Fsp3) is 0.235. The summed E-state index contributed by atoms with van der Waals surface area (Å²) in [5, 5.41) is 20.3. The highest BCUT2D eigenvalue weighted by atomic mass is 32.2. The number of amides is 1.